The molecule has 0 atom stereocenters. The molecule has 2 heterocycles. The third-order valence-electron chi connectivity index (χ3n) is 3.67. The van der Waals surface area contributed by atoms with Crippen LogP contribution in [-0.2, 0) is 28.6 Å². The Labute approximate surface area is 145 Å². The quantitative estimate of drug-likeness (QED) is 0.728. The molecular formula is C17H19N3O2S2. The number of aromatic nitrogens is 2. The summed E-state index contributed by atoms with van der Waals surface area (Å²) in [5.74, 6) is 1.65. The van der Waals surface area contributed by atoms with Gasteiger partial charge < -0.3 is 5.32 Å². The molecule has 0 saturated heterocycles. The molecule has 0 saturated carbocycles. The first-order valence-electron chi connectivity index (χ1n) is 7.69. The second-order valence-corrected chi connectivity index (χ2v) is 8.71. The van der Waals surface area contributed by atoms with E-state index in [-0.39, 0.29) is 5.75 Å². The predicted octanol–water partition coefficient (Wildman–Crippen LogP) is 3.41. The fourth-order valence-electron chi connectivity index (χ4n) is 2.52. The molecule has 0 aliphatic rings. The van der Waals surface area contributed by atoms with Gasteiger partial charge in [-0.15, -0.1) is 11.3 Å². The molecule has 0 radical (unpaired) electrons. The van der Waals surface area contributed by atoms with Gasteiger partial charge in [0.25, 0.3) is 0 Å². The van der Waals surface area contributed by atoms with E-state index < -0.39 is 9.84 Å². The second-order valence-electron chi connectivity index (χ2n) is 5.67. The van der Waals surface area contributed by atoms with Gasteiger partial charge in [-0.3, -0.25) is 0 Å². The van der Waals surface area contributed by atoms with Crippen molar-refractivity contribution in [1.82, 2.24) is 9.97 Å². The minimum absolute atomic E-state index is 0.0443. The standard InChI is InChI=1S/C17H19N3O2S2/c1-3-15-19-16(14-8-9-23-17(14)20-15)18-10-12-6-4-5-7-13(12)11-24(2,21)22/h4-9H,3,10-11H2,1-2H3,(H,18,19,20). The number of thiophene rings is 1. The molecule has 126 valence electrons. The molecule has 0 unspecified atom stereocenters. The lowest BCUT2D eigenvalue weighted by Gasteiger charge is -2.12. The van der Waals surface area contributed by atoms with Crippen molar-refractivity contribution >= 4 is 37.2 Å². The van der Waals surface area contributed by atoms with E-state index in [0.717, 1.165) is 39.4 Å². The highest BCUT2D eigenvalue weighted by Gasteiger charge is 2.11. The summed E-state index contributed by atoms with van der Waals surface area (Å²) >= 11 is 1.59. The smallest absolute Gasteiger partial charge is 0.151 e. The largest absolute Gasteiger partial charge is 0.365 e. The summed E-state index contributed by atoms with van der Waals surface area (Å²) in [6.07, 6.45) is 2.03. The number of nitrogens with zero attached hydrogens (tertiary/aromatic N) is 2. The van der Waals surface area contributed by atoms with Crippen LogP contribution in [0, 0.1) is 0 Å². The molecule has 3 aromatic rings. The van der Waals surface area contributed by atoms with Crippen molar-refractivity contribution in [3.05, 3.63) is 52.7 Å². The Morgan fingerprint density at radius 3 is 2.58 bits per heavy atom. The van der Waals surface area contributed by atoms with E-state index in [4.69, 9.17) is 0 Å². The highest BCUT2D eigenvalue weighted by atomic mass is 32.2. The highest BCUT2D eigenvalue weighted by molar-refractivity contribution is 7.89. The van der Waals surface area contributed by atoms with Crippen LogP contribution in [0.3, 0.4) is 0 Å². The van der Waals surface area contributed by atoms with Gasteiger partial charge in [0.05, 0.1) is 11.1 Å². The topological polar surface area (TPSA) is 72.0 Å². The minimum Gasteiger partial charge on any atom is -0.365 e. The van der Waals surface area contributed by atoms with E-state index in [1.807, 2.05) is 42.6 Å². The average Bonchev–Trinajstić information content (AvgIpc) is 3.00. The Kier molecular flexibility index (Phi) is 4.82. The van der Waals surface area contributed by atoms with Gasteiger partial charge in [0.2, 0.25) is 0 Å². The van der Waals surface area contributed by atoms with Crippen LogP contribution in [0.2, 0.25) is 0 Å². The van der Waals surface area contributed by atoms with Crippen LogP contribution in [-0.4, -0.2) is 24.6 Å². The third kappa shape index (κ3) is 3.91. The molecule has 0 aliphatic carbocycles. The number of benzene rings is 1. The van der Waals surface area contributed by atoms with Crippen molar-refractivity contribution in [2.75, 3.05) is 11.6 Å². The highest BCUT2D eigenvalue weighted by Crippen LogP contribution is 2.26. The number of rotatable bonds is 6. The van der Waals surface area contributed by atoms with E-state index in [0.29, 0.717) is 6.54 Å². The summed E-state index contributed by atoms with van der Waals surface area (Å²) < 4.78 is 23.2. The van der Waals surface area contributed by atoms with Crippen molar-refractivity contribution in [2.24, 2.45) is 0 Å². The number of aryl methyl sites for hydroxylation is 1. The molecular weight excluding hydrogens is 342 g/mol. The first-order valence-corrected chi connectivity index (χ1v) is 10.6. The van der Waals surface area contributed by atoms with E-state index in [1.165, 1.54) is 6.26 Å². The molecule has 3 rings (SSSR count). The molecule has 7 heteroatoms. The van der Waals surface area contributed by atoms with Gasteiger partial charge in [-0.25, -0.2) is 18.4 Å². The van der Waals surface area contributed by atoms with Gasteiger partial charge >= 0.3 is 0 Å². The summed E-state index contributed by atoms with van der Waals surface area (Å²) in [6, 6.07) is 9.58. The summed E-state index contributed by atoms with van der Waals surface area (Å²) in [5.41, 5.74) is 1.78. The Morgan fingerprint density at radius 1 is 1.12 bits per heavy atom. The summed E-state index contributed by atoms with van der Waals surface area (Å²) in [6.45, 7) is 2.55. The van der Waals surface area contributed by atoms with Gasteiger partial charge in [-0.1, -0.05) is 31.2 Å². The molecule has 0 amide bonds. The Morgan fingerprint density at radius 2 is 1.88 bits per heavy atom. The first-order chi connectivity index (χ1) is 11.5. The monoisotopic (exact) mass is 361 g/mol. The Bertz CT molecular complexity index is 965. The maximum absolute atomic E-state index is 11.6. The lowest BCUT2D eigenvalue weighted by Crippen LogP contribution is -2.09. The van der Waals surface area contributed by atoms with E-state index >= 15 is 0 Å². The molecule has 1 aromatic carbocycles. The fraction of sp³-hybridized carbons (Fsp3) is 0.294. The summed E-state index contributed by atoms with van der Waals surface area (Å²) in [5, 5.41) is 6.35. The zero-order valence-electron chi connectivity index (χ0n) is 13.6. The fourth-order valence-corrected chi connectivity index (χ4v) is 4.15. The van der Waals surface area contributed by atoms with Crippen LogP contribution >= 0.6 is 11.3 Å². The van der Waals surface area contributed by atoms with Crippen molar-refractivity contribution in [3.63, 3.8) is 0 Å². The number of anilines is 1. The van der Waals surface area contributed by atoms with Crippen LogP contribution in [0.1, 0.15) is 23.9 Å². The third-order valence-corrected chi connectivity index (χ3v) is 5.31. The molecule has 0 bridgehead atoms. The summed E-state index contributed by atoms with van der Waals surface area (Å²) in [7, 11) is -3.07. The average molecular weight is 361 g/mol. The lowest BCUT2D eigenvalue weighted by atomic mass is 10.1. The van der Waals surface area contributed by atoms with Gasteiger partial charge in [0.1, 0.15) is 16.5 Å². The number of fused-ring (bicyclic) bond motifs is 1. The predicted molar refractivity (Wildman–Crippen MR) is 99.1 cm³/mol. The van der Waals surface area contributed by atoms with Gasteiger partial charge in [-0.2, -0.15) is 0 Å². The van der Waals surface area contributed by atoms with Crippen molar-refractivity contribution < 1.29 is 8.42 Å². The molecule has 1 N–H and O–H groups in total. The van der Waals surface area contributed by atoms with Crippen LogP contribution in [0.25, 0.3) is 10.2 Å². The first kappa shape index (κ1) is 16.9. The summed E-state index contributed by atoms with van der Waals surface area (Å²) in [4.78, 5) is 10.1. The number of hydrogen-bond donors (Lipinski definition) is 1. The van der Waals surface area contributed by atoms with Crippen molar-refractivity contribution in [3.8, 4) is 0 Å². The lowest BCUT2D eigenvalue weighted by molar-refractivity contribution is 0.601. The maximum atomic E-state index is 11.6. The minimum atomic E-state index is -3.07. The van der Waals surface area contributed by atoms with Gasteiger partial charge in [0, 0.05) is 19.2 Å². The zero-order chi connectivity index (χ0) is 17.2. The Balaban J connectivity index is 1.88. The second kappa shape index (κ2) is 6.86. The molecule has 2 aromatic heterocycles. The maximum Gasteiger partial charge on any atom is 0.151 e. The molecule has 0 fully saturated rings. The van der Waals surface area contributed by atoms with Crippen LogP contribution < -0.4 is 5.32 Å². The van der Waals surface area contributed by atoms with Crippen molar-refractivity contribution in [1.29, 1.82) is 0 Å². The van der Waals surface area contributed by atoms with E-state index in [1.54, 1.807) is 11.3 Å². The number of nitrogens with one attached hydrogen (secondary N) is 1. The van der Waals surface area contributed by atoms with E-state index in [9.17, 15) is 8.42 Å². The van der Waals surface area contributed by atoms with Crippen molar-refractivity contribution in [2.45, 2.75) is 25.6 Å². The normalized spacial score (nSPS) is 11.8. The zero-order valence-corrected chi connectivity index (χ0v) is 15.2. The Hall–Kier alpha value is -1.99. The van der Waals surface area contributed by atoms with Crippen LogP contribution in [0.5, 0.6) is 0 Å². The SMILES string of the molecule is CCc1nc(NCc2ccccc2CS(C)(=O)=O)c2ccsc2n1. The molecule has 0 spiro atoms. The molecule has 0 aliphatic heterocycles. The van der Waals surface area contributed by atoms with E-state index in [2.05, 4.69) is 15.3 Å². The van der Waals surface area contributed by atoms with Gasteiger partial charge in [-0.05, 0) is 22.6 Å². The van der Waals surface area contributed by atoms with Crippen LogP contribution in [0.15, 0.2) is 35.7 Å². The number of hydrogen-bond acceptors (Lipinski definition) is 6. The molecule has 24 heavy (non-hydrogen) atoms. The van der Waals surface area contributed by atoms with Crippen LogP contribution in [0.4, 0.5) is 5.82 Å². The van der Waals surface area contributed by atoms with Gasteiger partial charge in [0.15, 0.2) is 9.84 Å². The number of sulfone groups is 1. The molecule has 5 nitrogen and oxygen atoms in total.